The Kier molecular flexibility index (Phi) is 8.19. The van der Waals surface area contributed by atoms with E-state index in [2.05, 4.69) is 80.2 Å². The number of halogens is 2. The molecule has 0 bridgehead atoms. The molecule has 1 aliphatic rings. The van der Waals surface area contributed by atoms with Crippen LogP contribution in [-0.4, -0.2) is 4.57 Å². The van der Waals surface area contributed by atoms with E-state index in [1.807, 2.05) is 12.1 Å². The summed E-state index contributed by atoms with van der Waals surface area (Å²) in [4.78, 5) is 0. The number of rotatable bonds is 1. The van der Waals surface area contributed by atoms with Crippen molar-refractivity contribution in [3.63, 3.8) is 0 Å². The summed E-state index contributed by atoms with van der Waals surface area (Å²) in [6.07, 6.45) is 8.44. The van der Waals surface area contributed by atoms with Gasteiger partial charge in [-0.2, -0.15) is 11.1 Å². The first-order chi connectivity index (χ1) is 12.1. The molecule has 0 amide bonds. The van der Waals surface area contributed by atoms with E-state index in [0.29, 0.717) is 0 Å². The molecule has 0 spiro atoms. The summed E-state index contributed by atoms with van der Waals surface area (Å²) in [5.74, 6) is 0. The van der Waals surface area contributed by atoms with Crippen molar-refractivity contribution in [1.82, 2.24) is 4.57 Å². The van der Waals surface area contributed by atoms with Crippen molar-refractivity contribution in [3.05, 3.63) is 83.7 Å². The minimum Gasteiger partial charge on any atom is -0.342 e. The number of hydrogen-bond acceptors (Lipinski definition) is 0. The van der Waals surface area contributed by atoms with Crippen LogP contribution in [0.15, 0.2) is 77.6 Å². The predicted molar refractivity (Wildman–Crippen MR) is 106 cm³/mol. The minimum atomic E-state index is -0.556. The fraction of sp³-hybridized carbons (Fsp3) is 0.190. The van der Waals surface area contributed by atoms with Crippen LogP contribution in [0.1, 0.15) is 27.2 Å². The maximum atomic E-state index is 4.89. The average molecular weight is 406 g/mol. The average Bonchev–Trinajstić information content (AvgIpc) is 3.33. The standard InChI is InChI=1S/C13H10N.C8H11.2ClH.Ti/c1-2-6-12-10-13(9-11(12)5-1)14-7-3-4-8-14;1-6-4-5-7(2)8(6)3;;;/h1-10H;4H2,1-3H3;2*1H;/q2*-1;;;+2/p-2. The van der Waals surface area contributed by atoms with Crippen LogP contribution in [0.4, 0.5) is 0 Å². The Labute approximate surface area is 167 Å². The van der Waals surface area contributed by atoms with Crippen molar-refractivity contribution in [2.45, 2.75) is 27.2 Å². The fourth-order valence-electron chi connectivity index (χ4n) is 2.64. The second-order valence-corrected chi connectivity index (χ2v) is 8.47. The summed E-state index contributed by atoms with van der Waals surface area (Å²) in [7, 11) is 9.78. The summed E-state index contributed by atoms with van der Waals surface area (Å²) < 4.78 is 2.12. The van der Waals surface area contributed by atoms with E-state index in [0.717, 1.165) is 6.42 Å². The topological polar surface area (TPSA) is 4.93 Å². The van der Waals surface area contributed by atoms with E-state index in [4.69, 9.17) is 18.6 Å². The Balaban J connectivity index is 0.000000175. The summed E-state index contributed by atoms with van der Waals surface area (Å²) in [6.45, 7) is 6.44. The van der Waals surface area contributed by atoms with Crippen LogP contribution in [-0.2, 0) is 17.0 Å². The number of benzene rings is 1. The molecule has 4 rings (SSSR count). The molecular weight excluding hydrogens is 385 g/mol. The molecule has 3 aromatic rings. The van der Waals surface area contributed by atoms with Gasteiger partial charge in [0, 0.05) is 12.4 Å². The number of allylic oxidation sites excluding steroid dienone is 4. The third kappa shape index (κ3) is 5.69. The summed E-state index contributed by atoms with van der Waals surface area (Å²) >= 11 is -0.556. The summed E-state index contributed by atoms with van der Waals surface area (Å²) in [5.41, 5.74) is 5.48. The first-order valence-electron chi connectivity index (χ1n) is 8.06. The molecule has 0 radical (unpaired) electrons. The quantitative estimate of drug-likeness (QED) is 0.298. The molecule has 4 heteroatoms. The Morgan fingerprint density at radius 3 is 2.16 bits per heavy atom. The van der Waals surface area contributed by atoms with Gasteiger partial charge in [-0.15, -0.1) is 54.4 Å². The van der Waals surface area contributed by atoms with E-state index in [9.17, 15) is 0 Å². The van der Waals surface area contributed by atoms with Gasteiger partial charge in [0.1, 0.15) is 0 Å². The van der Waals surface area contributed by atoms with Crippen molar-refractivity contribution in [2.75, 3.05) is 0 Å². The van der Waals surface area contributed by atoms with Crippen LogP contribution < -0.4 is 0 Å². The fourth-order valence-corrected chi connectivity index (χ4v) is 2.64. The van der Waals surface area contributed by atoms with Crippen LogP contribution >= 0.6 is 18.6 Å². The monoisotopic (exact) mass is 405 g/mol. The first-order valence-corrected chi connectivity index (χ1v) is 12.4. The van der Waals surface area contributed by atoms with Gasteiger partial charge in [-0.3, -0.25) is 6.08 Å². The molecule has 0 N–H and O–H groups in total. The van der Waals surface area contributed by atoms with Crippen molar-refractivity contribution >= 4 is 29.4 Å². The van der Waals surface area contributed by atoms with Gasteiger partial charge in [-0.25, -0.2) is 5.57 Å². The molecule has 0 aliphatic heterocycles. The Hall–Kier alpha value is -1.12. The molecule has 1 aromatic heterocycles. The maximum Gasteiger partial charge on any atom is 0.00705 e. The van der Waals surface area contributed by atoms with Gasteiger partial charge < -0.3 is 4.57 Å². The van der Waals surface area contributed by atoms with E-state index in [-0.39, 0.29) is 0 Å². The zero-order valence-corrected chi connectivity index (χ0v) is 17.8. The Morgan fingerprint density at radius 1 is 1.04 bits per heavy atom. The van der Waals surface area contributed by atoms with Gasteiger partial charge in [0.25, 0.3) is 0 Å². The van der Waals surface area contributed by atoms with Gasteiger partial charge in [0.15, 0.2) is 0 Å². The second-order valence-electron chi connectivity index (χ2n) is 5.89. The van der Waals surface area contributed by atoms with E-state index in [1.165, 1.54) is 33.2 Å². The van der Waals surface area contributed by atoms with E-state index in [1.54, 1.807) is 0 Å². The van der Waals surface area contributed by atoms with Crippen molar-refractivity contribution < 1.29 is 17.0 Å². The molecule has 1 heterocycles. The molecule has 2 aromatic carbocycles. The third-order valence-corrected chi connectivity index (χ3v) is 4.33. The normalized spacial score (nSPS) is 12.9. The van der Waals surface area contributed by atoms with Crippen LogP contribution in [0.2, 0.25) is 0 Å². The Morgan fingerprint density at radius 2 is 1.68 bits per heavy atom. The largest absolute Gasteiger partial charge is 0.342 e. The number of fused-ring (bicyclic) bond motifs is 1. The summed E-state index contributed by atoms with van der Waals surface area (Å²) in [6, 6.07) is 16.9. The molecule has 0 fully saturated rings. The molecule has 130 valence electrons. The molecule has 0 saturated carbocycles. The Bertz CT molecular complexity index is 819. The second kappa shape index (κ2) is 10.1. The van der Waals surface area contributed by atoms with Gasteiger partial charge in [0.05, 0.1) is 0 Å². The SMILES string of the molecule is CC1=[C-]CC(C)=C1C.[Cl][Ti][Cl].c1ccc2[cH-]c(-n3cccc3)cc2c1. The zero-order valence-electron chi connectivity index (χ0n) is 14.7. The van der Waals surface area contributed by atoms with Crippen LogP contribution in [0, 0.1) is 6.08 Å². The van der Waals surface area contributed by atoms with E-state index < -0.39 is 17.0 Å². The van der Waals surface area contributed by atoms with Crippen LogP contribution in [0.5, 0.6) is 0 Å². The van der Waals surface area contributed by atoms with E-state index >= 15 is 0 Å². The molecule has 0 unspecified atom stereocenters. The smallest absolute Gasteiger partial charge is 0.00705 e. The summed E-state index contributed by atoms with van der Waals surface area (Å²) in [5, 5.41) is 2.60. The van der Waals surface area contributed by atoms with Gasteiger partial charge in [-0.05, 0) is 17.8 Å². The number of aromatic nitrogens is 1. The van der Waals surface area contributed by atoms with Gasteiger partial charge in [0.2, 0.25) is 0 Å². The predicted octanol–water partition coefficient (Wildman–Crippen LogP) is 7.20. The molecule has 1 aliphatic carbocycles. The number of nitrogens with zero attached hydrogens (tertiary/aromatic N) is 1. The third-order valence-electron chi connectivity index (χ3n) is 4.33. The van der Waals surface area contributed by atoms with Crippen molar-refractivity contribution in [2.24, 2.45) is 0 Å². The van der Waals surface area contributed by atoms with Gasteiger partial charge >= 0.3 is 35.6 Å². The van der Waals surface area contributed by atoms with Crippen molar-refractivity contribution in [3.8, 4) is 5.69 Å². The van der Waals surface area contributed by atoms with Gasteiger partial charge in [-0.1, -0.05) is 19.9 Å². The zero-order chi connectivity index (χ0) is 18.2. The number of hydrogen-bond donors (Lipinski definition) is 0. The molecule has 1 nitrogen and oxygen atoms in total. The first kappa shape index (κ1) is 20.2. The molecular formula is C21H21Cl2NTi-2. The van der Waals surface area contributed by atoms with Crippen LogP contribution in [0.3, 0.4) is 0 Å². The minimum absolute atomic E-state index is 0.556. The van der Waals surface area contributed by atoms with Crippen molar-refractivity contribution in [1.29, 1.82) is 0 Å². The van der Waals surface area contributed by atoms with Crippen LogP contribution in [0.25, 0.3) is 16.5 Å². The maximum absolute atomic E-state index is 4.89. The molecule has 25 heavy (non-hydrogen) atoms. The molecule has 0 atom stereocenters. The molecule has 0 saturated heterocycles.